The monoisotopic (exact) mass is 202 g/mol. The van der Waals surface area contributed by atoms with Crippen molar-refractivity contribution in [2.24, 2.45) is 7.05 Å². The Morgan fingerprint density at radius 3 is 3.08 bits per heavy atom. The first-order valence-electron chi connectivity index (χ1n) is 3.89. The highest BCUT2D eigenvalue weighted by Gasteiger charge is 2.01. The maximum atomic E-state index is 10.7. The Morgan fingerprint density at radius 1 is 1.77 bits per heavy atom. The first-order chi connectivity index (χ1) is 6.24. The predicted molar refractivity (Wildman–Crippen MR) is 48.4 cm³/mol. The highest BCUT2D eigenvalue weighted by Crippen LogP contribution is 1.91. The summed E-state index contributed by atoms with van der Waals surface area (Å²) in [7, 11) is 1.86. The Labute approximate surface area is 81.1 Å². The number of nitrogens with zero attached hydrogens (tertiary/aromatic N) is 3. The van der Waals surface area contributed by atoms with Crippen LogP contribution < -0.4 is 5.32 Å². The van der Waals surface area contributed by atoms with Crippen LogP contribution in [-0.2, 0) is 18.3 Å². The molecular weight excluding hydrogens is 192 g/mol. The highest BCUT2D eigenvalue weighted by molar-refractivity contribution is 6.27. The lowest BCUT2D eigenvalue weighted by Crippen LogP contribution is -2.27. The van der Waals surface area contributed by atoms with Gasteiger partial charge >= 0.3 is 0 Å². The average molecular weight is 203 g/mol. The molecule has 5 nitrogen and oxygen atoms in total. The van der Waals surface area contributed by atoms with Crippen molar-refractivity contribution in [3.05, 3.63) is 12.2 Å². The van der Waals surface area contributed by atoms with E-state index in [0.29, 0.717) is 13.0 Å². The van der Waals surface area contributed by atoms with E-state index in [1.807, 2.05) is 11.6 Å². The van der Waals surface area contributed by atoms with E-state index in [2.05, 4.69) is 15.5 Å². The standard InChI is InChI=1S/C7H11ClN4O/c1-12-5-10-11-6(12)2-3-9-7(13)4-8/h5H,2-4H2,1H3,(H,9,13). The minimum Gasteiger partial charge on any atom is -0.355 e. The van der Waals surface area contributed by atoms with Crippen LogP contribution in [0.25, 0.3) is 0 Å². The SMILES string of the molecule is Cn1cnnc1CCNC(=O)CCl. The van der Waals surface area contributed by atoms with Crippen LogP contribution in [-0.4, -0.2) is 33.1 Å². The second-order valence-corrected chi connectivity index (χ2v) is 2.86. The molecule has 0 unspecified atom stereocenters. The Kier molecular flexibility index (Phi) is 3.70. The number of aryl methyl sites for hydroxylation is 1. The average Bonchev–Trinajstić information content (AvgIpc) is 2.52. The van der Waals surface area contributed by atoms with E-state index in [4.69, 9.17) is 11.6 Å². The number of nitrogens with one attached hydrogen (secondary N) is 1. The number of carbonyl (C=O) groups is 1. The van der Waals surface area contributed by atoms with Gasteiger partial charge in [-0.05, 0) is 0 Å². The molecule has 0 radical (unpaired) electrons. The molecule has 0 spiro atoms. The molecule has 13 heavy (non-hydrogen) atoms. The third kappa shape index (κ3) is 3.02. The molecule has 1 aromatic heterocycles. The van der Waals surface area contributed by atoms with E-state index in [-0.39, 0.29) is 11.8 Å². The van der Waals surface area contributed by atoms with E-state index in [1.54, 1.807) is 6.33 Å². The zero-order valence-corrected chi connectivity index (χ0v) is 8.08. The molecule has 0 atom stereocenters. The number of rotatable bonds is 4. The fraction of sp³-hybridized carbons (Fsp3) is 0.571. The van der Waals surface area contributed by atoms with Gasteiger partial charge in [0.05, 0.1) is 0 Å². The number of hydrogen-bond acceptors (Lipinski definition) is 3. The summed E-state index contributed by atoms with van der Waals surface area (Å²) in [6, 6.07) is 0. The van der Waals surface area contributed by atoms with Crippen LogP contribution in [0.1, 0.15) is 5.82 Å². The molecule has 1 N–H and O–H groups in total. The molecule has 1 aromatic rings. The van der Waals surface area contributed by atoms with Gasteiger partial charge in [-0.2, -0.15) is 0 Å². The first kappa shape index (κ1) is 9.98. The minimum atomic E-state index is -0.163. The number of hydrogen-bond donors (Lipinski definition) is 1. The van der Waals surface area contributed by atoms with Crippen LogP contribution in [0.3, 0.4) is 0 Å². The third-order valence-corrected chi connectivity index (χ3v) is 1.84. The lowest BCUT2D eigenvalue weighted by Gasteiger charge is -2.01. The third-order valence-electron chi connectivity index (χ3n) is 1.60. The summed E-state index contributed by atoms with van der Waals surface area (Å²) in [6.45, 7) is 0.540. The van der Waals surface area contributed by atoms with Crippen molar-refractivity contribution in [2.45, 2.75) is 6.42 Å². The molecule has 72 valence electrons. The summed E-state index contributed by atoms with van der Waals surface area (Å²) in [5.74, 6) is 0.678. The molecule has 1 rings (SSSR count). The fourth-order valence-electron chi connectivity index (χ4n) is 0.894. The quantitative estimate of drug-likeness (QED) is 0.683. The lowest BCUT2D eigenvalue weighted by atomic mass is 10.4. The molecule has 0 saturated carbocycles. The van der Waals surface area contributed by atoms with E-state index < -0.39 is 0 Å². The largest absolute Gasteiger partial charge is 0.355 e. The van der Waals surface area contributed by atoms with Gasteiger partial charge < -0.3 is 9.88 Å². The Bertz CT molecular complexity index is 286. The number of amides is 1. The molecule has 6 heteroatoms. The van der Waals surface area contributed by atoms with Gasteiger partial charge in [0.2, 0.25) is 5.91 Å². The smallest absolute Gasteiger partial charge is 0.234 e. The van der Waals surface area contributed by atoms with E-state index in [9.17, 15) is 4.79 Å². The van der Waals surface area contributed by atoms with Gasteiger partial charge in [-0.25, -0.2) is 0 Å². The molecule has 1 amide bonds. The second kappa shape index (κ2) is 4.81. The molecule has 0 saturated heterocycles. The van der Waals surface area contributed by atoms with Crippen LogP contribution >= 0.6 is 11.6 Å². The van der Waals surface area contributed by atoms with Crippen molar-refractivity contribution in [3.8, 4) is 0 Å². The second-order valence-electron chi connectivity index (χ2n) is 2.59. The number of halogens is 1. The van der Waals surface area contributed by atoms with Crippen LogP contribution in [0, 0.1) is 0 Å². The summed E-state index contributed by atoms with van der Waals surface area (Å²) in [5.41, 5.74) is 0. The first-order valence-corrected chi connectivity index (χ1v) is 4.43. The molecule has 0 aliphatic carbocycles. The molecule has 1 heterocycles. The molecule has 0 aromatic carbocycles. The van der Waals surface area contributed by atoms with Gasteiger partial charge in [-0.15, -0.1) is 21.8 Å². The summed E-state index contributed by atoms with van der Waals surface area (Å²) < 4.78 is 1.81. The minimum absolute atomic E-state index is 0.00118. The van der Waals surface area contributed by atoms with Crippen LogP contribution in [0.15, 0.2) is 6.33 Å². The van der Waals surface area contributed by atoms with E-state index in [1.165, 1.54) is 0 Å². The number of alkyl halides is 1. The predicted octanol–water partition coefficient (Wildman–Crippen LogP) is -0.287. The van der Waals surface area contributed by atoms with Crippen molar-refractivity contribution >= 4 is 17.5 Å². The van der Waals surface area contributed by atoms with Gasteiger partial charge in [0.25, 0.3) is 0 Å². The molecule has 0 fully saturated rings. The van der Waals surface area contributed by atoms with Gasteiger partial charge in [-0.3, -0.25) is 4.79 Å². The summed E-state index contributed by atoms with van der Waals surface area (Å²) in [6.07, 6.45) is 2.29. The van der Waals surface area contributed by atoms with Crippen LogP contribution in [0.5, 0.6) is 0 Å². The van der Waals surface area contributed by atoms with Gasteiger partial charge in [0.15, 0.2) is 0 Å². The number of carbonyl (C=O) groups excluding carboxylic acids is 1. The lowest BCUT2D eigenvalue weighted by molar-refractivity contribution is -0.118. The van der Waals surface area contributed by atoms with Crippen molar-refractivity contribution < 1.29 is 4.79 Å². The summed E-state index contributed by atoms with van der Waals surface area (Å²) in [4.78, 5) is 10.7. The van der Waals surface area contributed by atoms with Crippen molar-refractivity contribution in [1.29, 1.82) is 0 Å². The van der Waals surface area contributed by atoms with Gasteiger partial charge in [0.1, 0.15) is 18.0 Å². The van der Waals surface area contributed by atoms with Gasteiger partial charge in [-0.1, -0.05) is 0 Å². The molecule has 0 bridgehead atoms. The highest BCUT2D eigenvalue weighted by atomic mass is 35.5. The van der Waals surface area contributed by atoms with Crippen molar-refractivity contribution in [1.82, 2.24) is 20.1 Å². The zero-order valence-electron chi connectivity index (χ0n) is 7.33. The number of aromatic nitrogens is 3. The van der Waals surface area contributed by atoms with Gasteiger partial charge in [0, 0.05) is 20.0 Å². The molecular formula is C7H11ClN4O. The zero-order chi connectivity index (χ0) is 9.68. The molecule has 0 aliphatic heterocycles. The topological polar surface area (TPSA) is 59.8 Å². The maximum absolute atomic E-state index is 10.7. The molecule has 0 aliphatic rings. The fourth-order valence-corrected chi connectivity index (χ4v) is 0.989. The van der Waals surface area contributed by atoms with Crippen molar-refractivity contribution in [3.63, 3.8) is 0 Å². The van der Waals surface area contributed by atoms with E-state index in [0.717, 1.165) is 5.82 Å². The summed E-state index contributed by atoms with van der Waals surface area (Å²) in [5, 5.41) is 10.2. The van der Waals surface area contributed by atoms with Crippen LogP contribution in [0.2, 0.25) is 0 Å². The van der Waals surface area contributed by atoms with Crippen molar-refractivity contribution in [2.75, 3.05) is 12.4 Å². The van der Waals surface area contributed by atoms with E-state index >= 15 is 0 Å². The normalized spacial score (nSPS) is 10.0. The maximum Gasteiger partial charge on any atom is 0.234 e. The Balaban J connectivity index is 2.28. The van der Waals surface area contributed by atoms with Crippen LogP contribution in [0.4, 0.5) is 0 Å². The Hall–Kier alpha value is -1.10. The Morgan fingerprint density at radius 2 is 2.54 bits per heavy atom. The summed E-state index contributed by atoms with van der Waals surface area (Å²) >= 11 is 5.30.